The standard InChI is InChI=1S/C10H18N2.C9H14N2O.C6H6N2O2.C2H6/c1-3-8-12(2)10-6-4-9(11)5-7-10;1-3-6-4-8(11)9(12-2)5-7(6)10;7-5-1-3-6(4-2-5)8(9)10;1-2/h4,6H,3,5,7-8,11H2,1-2H3;4-5H,3,10-11H2,1-2H3;1-4H,7H2;1-2H3. The van der Waals surface area contributed by atoms with E-state index in [4.69, 9.17) is 27.7 Å². The zero-order valence-corrected chi connectivity index (χ0v) is 22.6. The molecule has 0 bridgehead atoms. The van der Waals surface area contributed by atoms with Gasteiger partial charge in [0.2, 0.25) is 0 Å². The molecule has 200 valence electrons. The second kappa shape index (κ2) is 17.5. The van der Waals surface area contributed by atoms with Gasteiger partial charge in [-0.05, 0) is 61.6 Å². The number of aryl methyl sites for hydroxylation is 1. The van der Waals surface area contributed by atoms with Crippen molar-refractivity contribution < 1.29 is 9.66 Å². The number of nitro groups is 1. The lowest BCUT2D eigenvalue weighted by Crippen LogP contribution is -2.20. The molecule has 0 fully saturated rings. The normalized spacial score (nSPS) is 11.6. The Morgan fingerprint density at radius 3 is 2.03 bits per heavy atom. The van der Waals surface area contributed by atoms with Crippen molar-refractivity contribution in [1.82, 2.24) is 4.90 Å². The molecule has 3 rings (SSSR count). The molecule has 0 saturated carbocycles. The summed E-state index contributed by atoms with van der Waals surface area (Å²) in [6.07, 6.45) is 8.35. The first-order valence-electron chi connectivity index (χ1n) is 12.2. The molecule has 8 N–H and O–H groups in total. The van der Waals surface area contributed by atoms with Crippen LogP contribution in [0.15, 0.2) is 59.9 Å². The first-order valence-corrected chi connectivity index (χ1v) is 12.2. The van der Waals surface area contributed by atoms with Gasteiger partial charge < -0.3 is 32.6 Å². The summed E-state index contributed by atoms with van der Waals surface area (Å²) in [6, 6.07) is 9.35. The van der Waals surface area contributed by atoms with Crippen LogP contribution in [0.5, 0.6) is 5.75 Å². The number of allylic oxidation sites excluding steroid dienone is 4. The minimum absolute atomic E-state index is 0.0641. The van der Waals surface area contributed by atoms with Crippen molar-refractivity contribution in [3.63, 3.8) is 0 Å². The van der Waals surface area contributed by atoms with Crippen LogP contribution >= 0.6 is 0 Å². The summed E-state index contributed by atoms with van der Waals surface area (Å²) in [6.45, 7) is 9.38. The number of nitrogen functional groups attached to an aromatic ring is 3. The van der Waals surface area contributed by atoms with Gasteiger partial charge in [-0.15, -0.1) is 0 Å². The summed E-state index contributed by atoms with van der Waals surface area (Å²) in [5.74, 6) is 0.643. The lowest BCUT2D eigenvalue weighted by atomic mass is 10.1. The van der Waals surface area contributed by atoms with E-state index >= 15 is 0 Å². The third-order valence-electron chi connectivity index (χ3n) is 5.19. The highest BCUT2D eigenvalue weighted by Gasteiger charge is 2.07. The highest BCUT2D eigenvalue weighted by molar-refractivity contribution is 5.64. The van der Waals surface area contributed by atoms with Crippen molar-refractivity contribution in [3.05, 3.63) is 75.6 Å². The molecule has 0 spiro atoms. The van der Waals surface area contributed by atoms with E-state index in [1.807, 2.05) is 32.9 Å². The van der Waals surface area contributed by atoms with E-state index in [1.54, 1.807) is 13.2 Å². The Labute approximate surface area is 215 Å². The number of benzene rings is 2. The number of nitro benzene ring substituents is 1. The van der Waals surface area contributed by atoms with E-state index in [-0.39, 0.29) is 5.69 Å². The largest absolute Gasteiger partial charge is 0.495 e. The Hall–Kier alpha value is -3.88. The third-order valence-corrected chi connectivity index (χ3v) is 5.19. The molecule has 9 heteroatoms. The maximum Gasteiger partial charge on any atom is 0.269 e. The molecule has 9 nitrogen and oxygen atoms in total. The molecule has 0 saturated heterocycles. The third kappa shape index (κ3) is 11.5. The van der Waals surface area contributed by atoms with Gasteiger partial charge in [-0.25, -0.2) is 0 Å². The smallest absolute Gasteiger partial charge is 0.269 e. The first-order chi connectivity index (χ1) is 17.1. The van der Waals surface area contributed by atoms with Crippen molar-refractivity contribution >= 4 is 22.7 Å². The van der Waals surface area contributed by atoms with Crippen LogP contribution in [0.4, 0.5) is 22.7 Å². The van der Waals surface area contributed by atoms with Crippen LogP contribution in [0.25, 0.3) is 0 Å². The predicted molar refractivity (Wildman–Crippen MR) is 153 cm³/mol. The average Bonchev–Trinajstić information content (AvgIpc) is 2.88. The summed E-state index contributed by atoms with van der Waals surface area (Å²) in [4.78, 5) is 11.9. The maximum atomic E-state index is 10.1. The number of hydrogen-bond acceptors (Lipinski definition) is 8. The second-order valence-corrected chi connectivity index (χ2v) is 7.82. The quantitative estimate of drug-likeness (QED) is 0.230. The first kappa shape index (κ1) is 32.1. The van der Waals surface area contributed by atoms with E-state index in [9.17, 15) is 10.1 Å². The summed E-state index contributed by atoms with van der Waals surface area (Å²) in [5, 5.41) is 10.1. The highest BCUT2D eigenvalue weighted by atomic mass is 16.6. The van der Waals surface area contributed by atoms with E-state index < -0.39 is 4.92 Å². The van der Waals surface area contributed by atoms with E-state index in [0.717, 1.165) is 42.8 Å². The minimum atomic E-state index is -0.459. The van der Waals surface area contributed by atoms with Crippen molar-refractivity contribution in [2.24, 2.45) is 5.73 Å². The molecule has 2 aromatic carbocycles. The van der Waals surface area contributed by atoms with Crippen LogP contribution in [0.3, 0.4) is 0 Å². The van der Waals surface area contributed by atoms with Crippen LogP contribution in [0, 0.1) is 10.1 Å². The van der Waals surface area contributed by atoms with Gasteiger partial charge in [-0.2, -0.15) is 0 Å². The molecule has 36 heavy (non-hydrogen) atoms. The number of anilines is 3. The monoisotopic (exact) mass is 500 g/mol. The SMILES string of the molecule is CC.CCCN(C)C1=CC=C(N)CC1.CCc1cc(N)c(OC)cc1N.Nc1ccc([N+](=O)[O-])cc1. The van der Waals surface area contributed by atoms with Gasteiger partial charge in [0.15, 0.2) is 0 Å². The van der Waals surface area contributed by atoms with Crippen molar-refractivity contribution in [3.8, 4) is 5.75 Å². The molecular weight excluding hydrogens is 456 g/mol. The molecule has 0 aliphatic heterocycles. The zero-order chi connectivity index (χ0) is 27.7. The Morgan fingerprint density at radius 2 is 1.58 bits per heavy atom. The molecule has 0 atom stereocenters. The molecule has 1 aliphatic rings. The van der Waals surface area contributed by atoms with Crippen molar-refractivity contribution in [2.75, 3.05) is 37.9 Å². The van der Waals surface area contributed by atoms with Gasteiger partial charge in [-0.1, -0.05) is 27.7 Å². The summed E-state index contributed by atoms with van der Waals surface area (Å²) in [5.41, 5.74) is 27.9. The minimum Gasteiger partial charge on any atom is -0.495 e. The van der Waals surface area contributed by atoms with Crippen LogP contribution in [0.1, 0.15) is 52.5 Å². The molecule has 1 aliphatic carbocycles. The molecular formula is C27H44N6O3. The number of methoxy groups -OCH3 is 1. The van der Waals surface area contributed by atoms with Gasteiger partial charge >= 0.3 is 0 Å². The Bertz CT molecular complexity index is 958. The van der Waals surface area contributed by atoms with Crippen molar-refractivity contribution in [1.29, 1.82) is 0 Å². The number of non-ortho nitro benzene ring substituents is 1. The fraction of sp³-hybridized carbons (Fsp3) is 0.407. The highest BCUT2D eigenvalue weighted by Crippen LogP contribution is 2.27. The topological polar surface area (TPSA) is 160 Å². The summed E-state index contributed by atoms with van der Waals surface area (Å²) >= 11 is 0. The number of ether oxygens (including phenoxy) is 1. The number of rotatable bonds is 6. The molecule has 0 heterocycles. The molecule has 0 amide bonds. The van der Waals surface area contributed by atoms with Crippen LogP contribution in [-0.4, -0.2) is 30.5 Å². The van der Waals surface area contributed by atoms with Gasteiger partial charge in [-0.3, -0.25) is 10.1 Å². The average molecular weight is 501 g/mol. The fourth-order valence-corrected chi connectivity index (χ4v) is 3.18. The van der Waals surface area contributed by atoms with Crippen LogP contribution in [-0.2, 0) is 6.42 Å². The van der Waals surface area contributed by atoms with E-state index in [0.29, 0.717) is 17.1 Å². The number of nitrogens with two attached hydrogens (primary N) is 4. The van der Waals surface area contributed by atoms with E-state index in [1.165, 1.54) is 36.4 Å². The van der Waals surface area contributed by atoms with Gasteiger partial charge in [0.25, 0.3) is 5.69 Å². The lowest BCUT2D eigenvalue weighted by Gasteiger charge is -2.23. The van der Waals surface area contributed by atoms with Crippen LogP contribution in [0.2, 0.25) is 0 Å². The lowest BCUT2D eigenvalue weighted by molar-refractivity contribution is -0.384. The summed E-state index contributed by atoms with van der Waals surface area (Å²) in [7, 11) is 3.72. The maximum absolute atomic E-state index is 10.1. The molecule has 0 aromatic heterocycles. The fourth-order valence-electron chi connectivity index (χ4n) is 3.18. The van der Waals surface area contributed by atoms with Crippen molar-refractivity contribution in [2.45, 2.75) is 53.4 Å². The molecule has 0 unspecified atom stereocenters. The molecule has 0 radical (unpaired) electrons. The second-order valence-electron chi connectivity index (χ2n) is 7.82. The summed E-state index contributed by atoms with van der Waals surface area (Å²) < 4.78 is 5.02. The zero-order valence-electron chi connectivity index (χ0n) is 22.6. The Morgan fingerprint density at radius 1 is 0.972 bits per heavy atom. The number of hydrogen-bond donors (Lipinski definition) is 4. The Balaban J connectivity index is 0.000000495. The van der Waals surface area contributed by atoms with Gasteiger partial charge in [0.05, 0.1) is 17.7 Å². The predicted octanol–water partition coefficient (Wildman–Crippen LogP) is 5.47. The Kier molecular flexibility index (Phi) is 15.6. The van der Waals surface area contributed by atoms with Gasteiger partial charge in [0, 0.05) is 54.6 Å². The van der Waals surface area contributed by atoms with E-state index in [2.05, 4.69) is 24.9 Å². The van der Waals surface area contributed by atoms with Crippen LogP contribution < -0.4 is 27.7 Å². The van der Waals surface area contributed by atoms with Gasteiger partial charge in [0.1, 0.15) is 5.75 Å². The number of nitrogens with zero attached hydrogens (tertiary/aromatic N) is 2. The molecule has 2 aromatic rings.